The van der Waals surface area contributed by atoms with E-state index in [1.165, 1.54) is 22.8 Å². The smallest absolute Gasteiger partial charge is 0.251 e. The van der Waals surface area contributed by atoms with Gasteiger partial charge in [-0.05, 0) is 37.9 Å². The summed E-state index contributed by atoms with van der Waals surface area (Å²) < 4.78 is 14.8. The summed E-state index contributed by atoms with van der Waals surface area (Å²) in [7, 11) is 5.34. The molecule has 0 aliphatic rings. The molecule has 5 nitrogen and oxygen atoms in total. The van der Waals surface area contributed by atoms with Gasteiger partial charge in [0.25, 0.3) is 11.5 Å². The van der Waals surface area contributed by atoms with Crippen LogP contribution in [0.4, 0.5) is 4.39 Å². The van der Waals surface area contributed by atoms with E-state index >= 15 is 0 Å². The SMILES string of the molecule is CN(C)C(CNC(=O)c1ccn(C)c(=O)c1)c1cccc(F)c1. The summed E-state index contributed by atoms with van der Waals surface area (Å²) in [5.41, 5.74) is 0.844. The molecule has 1 atom stereocenters. The molecule has 1 N–H and O–H groups in total. The second-order valence-corrected chi connectivity index (χ2v) is 5.61. The molecule has 1 heterocycles. The number of carbonyl (C=O) groups is 1. The Bertz CT molecular complexity index is 755. The number of benzene rings is 1. The van der Waals surface area contributed by atoms with Gasteiger partial charge < -0.3 is 14.8 Å². The van der Waals surface area contributed by atoms with Gasteiger partial charge in [-0.25, -0.2) is 4.39 Å². The molecule has 2 aromatic rings. The van der Waals surface area contributed by atoms with Crippen molar-refractivity contribution >= 4 is 5.91 Å². The van der Waals surface area contributed by atoms with E-state index in [9.17, 15) is 14.0 Å². The summed E-state index contributed by atoms with van der Waals surface area (Å²) in [6.07, 6.45) is 1.55. The fourth-order valence-corrected chi connectivity index (χ4v) is 2.29. The zero-order valence-corrected chi connectivity index (χ0v) is 13.4. The van der Waals surface area contributed by atoms with E-state index in [-0.39, 0.29) is 23.3 Å². The average molecular weight is 317 g/mol. The van der Waals surface area contributed by atoms with Crippen LogP contribution in [-0.2, 0) is 7.05 Å². The van der Waals surface area contributed by atoms with Crippen molar-refractivity contribution in [3.63, 3.8) is 0 Å². The van der Waals surface area contributed by atoms with Crippen molar-refractivity contribution in [2.45, 2.75) is 6.04 Å². The van der Waals surface area contributed by atoms with Crippen LogP contribution in [0.25, 0.3) is 0 Å². The largest absolute Gasteiger partial charge is 0.350 e. The van der Waals surface area contributed by atoms with Gasteiger partial charge in [0.1, 0.15) is 5.82 Å². The van der Waals surface area contributed by atoms with E-state index in [4.69, 9.17) is 0 Å². The van der Waals surface area contributed by atoms with E-state index in [1.807, 2.05) is 25.1 Å². The summed E-state index contributed by atoms with van der Waals surface area (Å²) in [5.74, 6) is -0.641. The van der Waals surface area contributed by atoms with Crippen LogP contribution in [0.1, 0.15) is 22.0 Å². The van der Waals surface area contributed by atoms with E-state index < -0.39 is 0 Å². The van der Waals surface area contributed by atoms with Crippen LogP contribution in [0.5, 0.6) is 0 Å². The minimum Gasteiger partial charge on any atom is -0.350 e. The van der Waals surface area contributed by atoms with E-state index in [1.54, 1.807) is 25.4 Å². The number of hydrogen-bond donors (Lipinski definition) is 1. The number of aromatic nitrogens is 1. The Morgan fingerprint density at radius 2 is 2.04 bits per heavy atom. The molecule has 0 saturated carbocycles. The third-order valence-corrected chi connectivity index (χ3v) is 3.68. The van der Waals surface area contributed by atoms with Gasteiger partial charge in [0.05, 0.1) is 6.04 Å². The lowest BCUT2D eigenvalue weighted by Gasteiger charge is -2.25. The highest BCUT2D eigenvalue weighted by atomic mass is 19.1. The van der Waals surface area contributed by atoms with Gasteiger partial charge in [0.2, 0.25) is 0 Å². The highest BCUT2D eigenvalue weighted by Crippen LogP contribution is 2.18. The quantitative estimate of drug-likeness (QED) is 0.910. The molecule has 1 aromatic heterocycles. The summed E-state index contributed by atoms with van der Waals surface area (Å²) in [6, 6.07) is 9.01. The van der Waals surface area contributed by atoms with Crippen LogP contribution in [0.15, 0.2) is 47.4 Å². The van der Waals surface area contributed by atoms with Gasteiger partial charge in [-0.1, -0.05) is 12.1 Å². The average Bonchev–Trinajstić information content (AvgIpc) is 2.49. The van der Waals surface area contributed by atoms with E-state index in [2.05, 4.69) is 5.32 Å². The Kier molecular flexibility index (Phi) is 5.28. The Balaban J connectivity index is 2.11. The molecule has 23 heavy (non-hydrogen) atoms. The van der Waals surface area contributed by atoms with Crippen LogP contribution in [-0.4, -0.2) is 36.0 Å². The fraction of sp³-hybridized carbons (Fsp3) is 0.294. The Morgan fingerprint density at radius 1 is 1.30 bits per heavy atom. The van der Waals surface area contributed by atoms with Crippen molar-refractivity contribution in [1.29, 1.82) is 0 Å². The first-order valence-electron chi connectivity index (χ1n) is 7.25. The molecule has 1 aromatic carbocycles. The topological polar surface area (TPSA) is 54.3 Å². The number of amides is 1. The highest BCUT2D eigenvalue weighted by Gasteiger charge is 2.16. The maximum Gasteiger partial charge on any atom is 0.251 e. The van der Waals surface area contributed by atoms with Gasteiger partial charge >= 0.3 is 0 Å². The number of likely N-dealkylation sites (N-methyl/N-ethyl adjacent to an activating group) is 1. The van der Waals surface area contributed by atoms with Crippen molar-refractivity contribution < 1.29 is 9.18 Å². The molecule has 1 amide bonds. The number of nitrogens with one attached hydrogen (secondary N) is 1. The Morgan fingerprint density at radius 3 is 2.65 bits per heavy atom. The third kappa shape index (κ3) is 4.26. The summed E-state index contributed by atoms with van der Waals surface area (Å²) in [5, 5.41) is 2.79. The first kappa shape index (κ1) is 16.9. The maximum absolute atomic E-state index is 13.4. The number of rotatable bonds is 5. The Hall–Kier alpha value is -2.47. The highest BCUT2D eigenvalue weighted by molar-refractivity contribution is 5.93. The third-order valence-electron chi connectivity index (χ3n) is 3.68. The number of carbonyl (C=O) groups excluding carboxylic acids is 1. The number of halogens is 1. The molecule has 122 valence electrons. The molecule has 0 radical (unpaired) electrons. The molecule has 2 rings (SSSR count). The van der Waals surface area contributed by atoms with Crippen molar-refractivity contribution in [2.24, 2.45) is 7.05 Å². The van der Waals surface area contributed by atoms with Gasteiger partial charge in [-0.15, -0.1) is 0 Å². The number of pyridine rings is 1. The number of aryl methyl sites for hydroxylation is 1. The number of nitrogens with zero attached hydrogens (tertiary/aromatic N) is 2. The molecule has 1 unspecified atom stereocenters. The lowest BCUT2D eigenvalue weighted by atomic mass is 10.1. The minimum absolute atomic E-state index is 0.166. The second kappa shape index (κ2) is 7.19. The predicted octanol–water partition coefficient (Wildman–Crippen LogP) is 1.56. The van der Waals surface area contributed by atoms with Crippen LogP contribution in [0, 0.1) is 5.82 Å². The molecular formula is C17H20FN3O2. The summed E-state index contributed by atoms with van der Waals surface area (Å²) >= 11 is 0. The van der Waals surface area contributed by atoms with E-state index in [0.717, 1.165) is 5.56 Å². The molecule has 0 bridgehead atoms. The zero-order chi connectivity index (χ0) is 17.0. The van der Waals surface area contributed by atoms with E-state index in [0.29, 0.717) is 12.1 Å². The summed E-state index contributed by atoms with van der Waals surface area (Å²) in [6.45, 7) is 0.310. The second-order valence-electron chi connectivity index (χ2n) is 5.61. The van der Waals surface area contributed by atoms with Gasteiger partial charge in [-0.3, -0.25) is 9.59 Å². The standard InChI is InChI=1S/C17H20FN3O2/c1-20(2)15(12-5-4-6-14(18)9-12)11-19-17(23)13-7-8-21(3)16(22)10-13/h4-10,15H,11H2,1-3H3,(H,19,23). The first-order chi connectivity index (χ1) is 10.9. The lowest BCUT2D eigenvalue weighted by molar-refractivity contribution is 0.0941. The van der Waals surface area contributed by atoms with Gasteiger partial charge in [0, 0.05) is 31.4 Å². The van der Waals surface area contributed by atoms with Crippen molar-refractivity contribution in [3.05, 3.63) is 69.9 Å². The molecule has 0 spiro atoms. The molecule has 0 aliphatic carbocycles. The zero-order valence-electron chi connectivity index (χ0n) is 13.4. The fourth-order valence-electron chi connectivity index (χ4n) is 2.29. The Labute approximate surface area is 134 Å². The van der Waals surface area contributed by atoms with Gasteiger partial charge in [-0.2, -0.15) is 0 Å². The number of hydrogen-bond acceptors (Lipinski definition) is 3. The summed E-state index contributed by atoms with van der Waals surface area (Å²) in [4.78, 5) is 25.7. The predicted molar refractivity (Wildman–Crippen MR) is 86.8 cm³/mol. The van der Waals surface area contributed by atoms with Crippen molar-refractivity contribution in [2.75, 3.05) is 20.6 Å². The van der Waals surface area contributed by atoms with Crippen LogP contribution in [0.3, 0.4) is 0 Å². The molecule has 0 fully saturated rings. The minimum atomic E-state index is -0.328. The molecule has 6 heteroatoms. The van der Waals surface area contributed by atoms with Gasteiger partial charge in [0.15, 0.2) is 0 Å². The van der Waals surface area contributed by atoms with Crippen LogP contribution >= 0.6 is 0 Å². The van der Waals surface area contributed by atoms with Crippen molar-refractivity contribution in [1.82, 2.24) is 14.8 Å². The maximum atomic E-state index is 13.4. The molecule has 0 saturated heterocycles. The van der Waals surface area contributed by atoms with Crippen molar-refractivity contribution in [3.8, 4) is 0 Å². The first-order valence-corrected chi connectivity index (χ1v) is 7.25. The monoisotopic (exact) mass is 317 g/mol. The molecular weight excluding hydrogens is 297 g/mol. The lowest BCUT2D eigenvalue weighted by Crippen LogP contribution is -2.35. The normalized spacial score (nSPS) is 12.2. The van der Waals surface area contributed by atoms with Crippen LogP contribution in [0.2, 0.25) is 0 Å². The van der Waals surface area contributed by atoms with Crippen LogP contribution < -0.4 is 10.9 Å². The molecule has 0 aliphatic heterocycles.